The first kappa shape index (κ1) is 22.8. The number of ether oxygens (including phenoxy) is 4. The summed E-state index contributed by atoms with van der Waals surface area (Å²) in [6.07, 6.45) is 1.25. The number of hydrogen-bond donors (Lipinski definition) is 1. The number of alkyl halides is 2. The van der Waals surface area contributed by atoms with Crippen molar-refractivity contribution in [3.05, 3.63) is 46.5 Å². The standard InChI is InChI=1S/C20H17ClF2N2O5/c1-27-15-5-4-13(9-14(15)21)25-19(26)12(10-24)6-11-7-16(28-2)18(30-20(22)23)17(8-11)29-3/h4-9,20H,1-3H3,(H,25,26)/b12-6+. The zero-order valence-electron chi connectivity index (χ0n) is 16.2. The van der Waals surface area contributed by atoms with Gasteiger partial charge in [0.25, 0.3) is 5.91 Å². The Morgan fingerprint density at radius 2 is 1.70 bits per heavy atom. The first-order chi connectivity index (χ1) is 14.3. The molecule has 0 fully saturated rings. The molecule has 1 amide bonds. The van der Waals surface area contributed by atoms with Crippen molar-refractivity contribution in [2.24, 2.45) is 0 Å². The van der Waals surface area contributed by atoms with Gasteiger partial charge in [-0.05, 0) is 42.0 Å². The molecule has 2 aromatic carbocycles. The van der Waals surface area contributed by atoms with Crippen LogP contribution in [0.15, 0.2) is 35.9 Å². The van der Waals surface area contributed by atoms with E-state index in [1.807, 2.05) is 0 Å². The third kappa shape index (κ3) is 5.52. The predicted octanol–water partition coefficient (Wildman–Crippen LogP) is 4.51. The Kier molecular flexibility index (Phi) is 7.83. The zero-order valence-corrected chi connectivity index (χ0v) is 16.9. The van der Waals surface area contributed by atoms with E-state index in [9.17, 15) is 18.8 Å². The van der Waals surface area contributed by atoms with Gasteiger partial charge in [0.15, 0.2) is 11.5 Å². The summed E-state index contributed by atoms with van der Waals surface area (Å²) in [6, 6.07) is 9.03. The minimum atomic E-state index is -3.09. The highest BCUT2D eigenvalue weighted by Gasteiger charge is 2.19. The lowest BCUT2D eigenvalue weighted by molar-refractivity contribution is -0.112. The first-order valence-corrected chi connectivity index (χ1v) is 8.68. The van der Waals surface area contributed by atoms with Crippen molar-refractivity contribution < 1.29 is 32.5 Å². The SMILES string of the molecule is COc1ccc(NC(=O)/C(C#N)=C/c2cc(OC)c(OC(F)F)c(OC)c2)cc1Cl. The second kappa shape index (κ2) is 10.3. The molecule has 0 saturated heterocycles. The summed E-state index contributed by atoms with van der Waals surface area (Å²) in [4.78, 5) is 12.5. The smallest absolute Gasteiger partial charge is 0.387 e. The molecule has 0 aromatic heterocycles. The van der Waals surface area contributed by atoms with Crippen LogP contribution in [0.2, 0.25) is 5.02 Å². The maximum Gasteiger partial charge on any atom is 0.387 e. The molecular formula is C20H17ClF2N2O5. The molecule has 2 rings (SSSR count). The van der Waals surface area contributed by atoms with E-state index >= 15 is 0 Å². The largest absolute Gasteiger partial charge is 0.495 e. The topological polar surface area (TPSA) is 89.8 Å². The van der Waals surface area contributed by atoms with Crippen molar-refractivity contribution in [1.29, 1.82) is 5.26 Å². The number of nitrogens with zero attached hydrogens (tertiary/aromatic N) is 1. The molecule has 30 heavy (non-hydrogen) atoms. The number of nitriles is 1. The summed E-state index contributed by atoms with van der Waals surface area (Å²) in [5.74, 6) is -0.690. The number of methoxy groups -OCH3 is 3. The predicted molar refractivity (Wildman–Crippen MR) is 106 cm³/mol. The van der Waals surface area contributed by atoms with Gasteiger partial charge in [-0.2, -0.15) is 14.0 Å². The van der Waals surface area contributed by atoms with Gasteiger partial charge in [-0.25, -0.2) is 0 Å². The second-order valence-corrected chi connectivity index (χ2v) is 6.01. The van der Waals surface area contributed by atoms with Crippen LogP contribution in [-0.4, -0.2) is 33.8 Å². The molecule has 0 unspecified atom stereocenters. The van der Waals surface area contributed by atoms with Crippen LogP contribution < -0.4 is 24.3 Å². The molecule has 2 aromatic rings. The molecule has 0 radical (unpaired) electrons. The Balaban J connectivity index is 2.35. The van der Waals surface area contributed by atoms with Crippen LogP contribution in [0.5, 0.6) is 23.0 Å². The number of rotatable bonds is 8. The molecule has 0 bridgehead atoms. The van der Waals surface area contributed by atoms with E-state index in [4.69, 9.17) is 25.8 Å². The molecule has 0 aliphatic carbocycles. The highest BCUT2D eigenvalue weighted by atomic mass is 35.5. The average molecular weight is 439 g/mol. The van der Waals surface area contributed by atoms with Gasteiger partial charge in [0, 0.05) is 5.69 Å². The number of carbonyl (C=O) groups is 1. The van der Waals surface area contributed by atoms with Crippen molar-refractivity contribution in [3.63, 3.8) is 0 Å². The van der Waals surface area contributed by atoms with Gasteiger partial charge in [-0.1, -0.05) is 11.6 Å². The Hall–Kier alpha value is -3.51. The molecule has 0 spiro atoms. The zero-order chi connectivity index (χ0) is 22.3. The minimum absolute atomic E-state index is 0.0551. The molecule has 10 heteroatoms. The van der Waals surface area contributed by atoms with Crippen LogP contribution in [0.4, 0.5) is 14.5 Å². The van der Waals surface area contributed by atoms with Gasteiger partial charge < -0.3 is 24.3 Å². The number of carbonyl (C=O) groups excluding carboxylic acids is 1. The van der Waals surface area contributed by atoms with Crippen molar-refractivity contribution >= 4 is 29.3 Å². The maximum atomic E-state index is 12.6. The first-order valence-electron chi connectivity index (χ1n) is 8.30. The number of halogens is 3. The second-order valence-electron chi connectivity index (χ2n) is 5.61. The van der Waals surface area contributed by atoms with Gasteiger partial charge in [0.2, 0.25) is 5.75 Å². The fraction of sp³-hybridized carbons (Fsp3) is 0.200. The monoisotopic (exact) mass is 438 g/mol. The highest BCUT2D eigenvalue weighted by molar-refractivity contribution is 6.32. The van der Waals surface area contributed by atoms with E-state index < -0.39 is 12.5 Å². The third-order valence-electron chi connectivity index (χ3n) is 3.78. The van der Waals surface area contributed by atoms with Gasteiger partial charge in [0.05, 0.1) is 26.4 Å². The summed E-state index contributed by atoms with van der Waals surface area (Å²) in [5.41, 5.74) is 0.390. The van der Waals surface area contributed by atoms with Gasteiger partial charge in [-0.3, -0.25) is 4.79 Å². The van der Waals surface area contributed by atoms with E-state index in [0.717, 1.165) is 0 Å². The molecular weight excluding hydrogens is 422 g/mol. The van der Waals surface area contributed by atoms with Crippen LogP contribution in [0.3, 0.4) is 0 Å². The highest BCUT2D eigenvalue weighted by Crippen LogP contribution is 2.40. The van der Waals surface area contributed by atoms with Crippen LogP contribution in [0.25, 0.3) is 6.08 Å². The maximum absolute atomic E-state index is 12.6. The van der Waals surface area contributed by atoms with E-state index in [2.05, 4.69) is 10.1 Å². The Morgan fingerprint density at radius 3 is 2.17 bits per heavy atom. The summed E-state index contributed by atoms with van der Waals surface area (Å²) in [6.45, 7) is -3.09. The lowest BCUT2D eigenvalue weighted by Gasteiger charge is -2.14. The van der Waals surface area contributed by atoms with E-state index in [1.165, 1.54) is 45.6 Å². The molecule has 7 nitrogen and oxygen atoms in total. The van der Waals surface area contributed by atoms with E-state index in [1.54, 1.807) is 18.2 Å². The van der Waals surface area contributed by atoms with Crippen LogP contribution >= 0.6 is 11.6 Å². The molecule has 0 heterocycles. The molecule has 158 valence electrons. The normalized spacial score (nSPS) is 10.9. The van der Waals surface area contributed by atoms with Crippen molar-refractivity contribution in [2.75, 3.05) is 26.6 Å². The third-order valence-corrected chi connectivity index (χ3v) is 4.07. The molecule has 0 aliphatic heterocycles. The van der Waals surface area contributed by atoms with Crippen molar-refractivity contribution in [1.82, 2.24) is 0 Å². The van der Waals surface area contributed by atoms with Crippen LogP contribution in [-0.2, 0) is 4.79 Å². The number of anilines is 1. The minimum Gasteiger partial charge on any atom is -0.495 e. The summed E-state index contributed by atoms with van der Waals surface area (Å²) in [7, 11) is 3.97. The number of benzene rings is 2. The van der Waals surface area contributed by atoms with E-state index in [0.29, 0.717) is 17.0 Å². The van der Waals surface area contributed by atoms with Gasteiger partial charge in [0.1, 0.15) is 17.4 Å². The number of amides is 1. The Morgan fingerprint density at radius 1 is 1.10 bits per heavy atom. The average Bonchev–Trinajstić information content (AvgIpc) is 2.72. The van der Waals surface area contributed by atoms with Crippen molar-refractivity contribution in [3.8, 4) is 29.1 Å². The summed E-state index contributed by atoms with van der Waals surface area (Å²) in [5, 5.41) is 12.2. The van der Waals surface area contributed by atoms with E-state index in [-0.39, 0.29) is 27.8 Å². The number of nitrogens with one attached hydrogen (secondary N) is 1. The van der Waals surface area contributed by atoms with Gasteiger partial charge >= 0.3 is 6.61 Å². The van der Waals surface area contributed by atoms with Crippen LogP contribution in [0.1, 0.15) is 5.56 Å². The van der Waals surface area contributed by atoms with Crippen LogP contribution in [0, 0.1) is 11.3 Å². The lowest BCUT2D eigenvalue weighted by Crippen LogP contribution is -2.13. The Labute approximate surface area is 176 Å². The fourth-order valence-corrected chi connectivity index (χ4v) is 2.70. The number of hydrogen-bond acceptors (Lipinski definition) is 6. The molecule has 0 aliphatic rings. The molecule has 1 N–H and O–H groups in total. The van der Waals surface area contributed by atoms with Crippen molar-refractivity contribution in [2.45, 2.75) is 6.61 Å². The quantitative estimate of drug-likeness (QED) is 0.481. The molecule has 0 atom stereocenters. The summed E-state index contributed by atoms with van der Waals surface area (Å²) >= 11 is 6.02. The Bertz CT molecular complexity index is 980. The van der Waals surface area contributed by atoms with Gasteiger partial charge in [-0.15, -0.1) is 0 Å². The summed E-state index contributed by atoms with van der Waals surface area (Å²) < 4.78 is 44.9. The molecule has 0 saturated carbocycles. The fourth-order valence-electron chi connectivity index (χ4n) is 2.45. The lowest BCUT2D eigenvalue weighted by atomic mass is 10.1.